The van der Waals surface area contributed by atoms with E-state index in [-0.39, 0.29) is 17.2 Å². The minimum Gasteiger partial charge on any atom is -0.465 e. The van der Waals surface area contributed by atoms with Gasteiger partial charge in [0.15, 0.2) is 0 Å². The second-order valence-electron chi connectivity index (χ2n) is 5.35. The molecule has 1 unspecified atom stereocenters. The smallest absolute Gasteiger partial charge is 0.339 e. The highest BCUT2D eigenvalue weighted by molar-refractivity contribution is 6.04. The van der Waals surface area contributed by atoms with E-state index in [0.29, 0.717) is 6.42 Å². The molecule has 114 valence electrons. The third-order valence-corrected chi connectivity index (χ3v) is 3.75. The molecule has 0 aromatic heterocycles. The predicted molar refractivity (Wildman–Crippen MR) is 76.6 cm³/mol. The summed E-state index contributed by atoms with van der Waals surface area (Å²) in [4.78, 5) is 24.1. The summed E-state index contributed by atoms with van der Waals surface area (Å²) in [6.45, 7) is 2.57. The fraction of sp³-hybridized carbons (Fsp3) is 0.467. The minimum atomic E-state index is -0.710. The largest absolute Gasteiger partial charge is 0.465 e. The van der Waals surface area contributed by atoms with Crippen LogP contribution in [0.5, 0.6) is 0 Å². The highest BCUT2D eigenvalue weighted by Crippen LogP contribution is 2.23. The van der Waals surface area contributed by atoms with Crippen molar-refractivity contribution in [2.75, 3.05) is 19.0 Å². The van der Waals surface area contributed by atoms with Crippen LogP contribution in [0.3, 0.4) is 0 Å². The molecule has 2 rings (SSSR count). The summed E-state index contributed by atoms with van der Waals surface area (Å²) < 4.78 is 18.0. The number of hydrogen-bond acceptors (Lipinski definition) is 4. The second-order valence-corrected chi connectivity index (χ2v) is 5.35. The lowest BCUT2D eigenvalue weighted by Crippen LogP contribution is -2.54. The Morgan fingerprint density at radius 3 is 2.76 bits per heavy atom. The van der Waals surface area contributed by atoms with Crippen LogP contribution in [-0.2, 0) is 9.53 Å². The van der Waals surface area contributed by atoms with Gasteiger partial charge in [0.05, 0.1) is 23.9 Å². The van der Waals surface area contributed by atoms with Crippen LogP contribution < -0.4 is 10.6 Å². The molecule has 1 atom stereocenters. The number of hydrogen-bond donors (Lipinski definition) is 2. The van der Waals surface area contributed by atoms with Gasteiger partial charge in [-0.2, -0.15) is 0 Å². The lowest BCUT2D eigenvalue weighted by Gasteiger charge is -2.33. The van der Waals surface area contributed by atoms with Gasteiger partial charge >= 0.3 is 5.97 Å². The number of rotatable bonds is 3. The Bertz CT molecular complexity index is 554. The van der Waals surface area contributed by atoms with Crippen molar-refractivity contribution in [1.29, 1.82) is 0 Å². The summed E-state index contributed by atoms with van der Waals surface area (Å²) in [5, 5.41) is 5.81. The van der Waals surface area contributed by atoms with Gasteiger partial charge in [-0.15, -0.1) is 0 Å². The third-order valence-electron chi connectivity index (χ3n) is 3.75. The molecule has 21 heavy (non-hydrogen) atoms. The van der Waals surface area contributed by atoms with Crippen LogP contribution >= 0.6 is 0 Å². The first kappa shape index (κ1) is 15.4. The first-order chi connectivity index (χ1) is 9.96. The molecule has 5 nitrogen and oxygen atoms in total. The van der Waals surface area contributed by atoms with Gasteiger partial charge in [0, 0.05) is 0 Å². The molecule has 0 bridgehead atoms. The summed E-state index contributed by atoms with van der Waals surface area (Å²) in [5.41, 5.74) is -0.454. The van der Waals surface area contributed by atoms with E-state index in [1.807, 2.05) is 0 Å². The molecule has 1 fully saturated rings. The molecule has 0 aliphatic carbocycles. The highest BCUT2D eigenvalue weighted by atomic mass is 19.1. The fourth-order valence-corrected chi connectivity index (χ4v) is 2.42. The maximum atomic E-state index is 13.4. The molecule has 1 aliphatic rings. The molecule has 2 N–H and O–H groups in total. The summed E-state index contributed by atoms with van der Waals surface area (Å²) in [6.07, 6.45) is 2.67. The van der Waals surface area contributed by atoms with Gasteiger partial charge < -0.3 is 15.4 Å². The van der Waals surface area contributed by atoms with Crippen LogP contribution in [0.2, 0.25) is 0 Å². The van der Waals surface area contributed by atoms with Crippen LogP contribution in [0, 0.1) is 5.82 Å². The first-order valence-corrected chi connectivity index (χ1v) is 6.90. The average molecular weight is 294 g/mol. The fourth-order valence-electron chi connectivity index (χ4n) is 2.42. The normalized spacial score (nSPS) is 21.7. The van der Waals surface area contributed by atoms with Crippen molar-refractivity contribution in [1.82, 2.24) is 5.32 Å². The molecule has 6 heteroatoms. The van der Waals surface area contributed by atoms with E-state index in [4.69, 9.17) is 0 Å². The zero-order valence-corrected chi connectivity index (χ0v) is 12.2. The number of nitrogens with one attached hydrogen (secondary N) is 2. The molecule has 0 radical (unpaired) electrons. The molecule has 1 saturated heterocycles. The van der Waals surface area contributed by atoms with Crippen molar-refractivity contribution in [2.24, 2.45) is 0 Å². The Morgan fingerprint density at radius 1 is 1.38 bits per heavy atom. The van der Waals surface area contributed by atoms with E-state index in [9.17, 15) is 14.0 Å². The van der Waals surface area contributed by atoms with Crippen LogP contribution in [0.4, 0.5) is 10.1 Å². The monoisotopic (exact) mass is 294 g/mol. The van der Waals surface area contributed by atoms with Crippen molar-refractivity contribution in [3.63, 3.8) is 0 Å². The Kier molecular flexibility index (Phi) is 4.57. The molecular weight excluding hydrogens is 275 g/mol. The quantitative estimate of drug-likeness (QED) is 0.838. The van der Waals surface area contributed by atoms with Gasteiger partial charge in [0.2, 0.25) is 5.91 Å². The van der Waals surface area contributed by atoms with Gasteiger partial charge in [0.1, 0.15) is 5.82 Å². The van der Waals surface area contributed by atoms with E-state index in [1.54, 1.807) is 6.92 Å². The van der Waals surface area contributed by atoms with E-state index < -0.39 is 17.3 Å². The number of ether oxygens (including phenoxy) is 1. The van der Waals surface area contributed by atoms with Crippen LogP contribution in [0.1, 0.15) is 36.5 Å². The van der Waals surface area contributed by atoms with Gasteiger partial charge in [-0.25, -0.2) is 9.18 Å². The molecule has 1 heterocycles. The Hall–Kier alpha value is -1.95. The number of esters is 1. The number of carbonyl (C=O) groups is 2. The van der Waals surface area contributed by atoms with Gasteiger partial charge in [0.25, 0.3) is 0 Å². The highest BCUT2D eigenvalue weighted by Gasteiger charge is 2.34. The summed E-state index contributed by atoms with van der Waals surface area (Å²) in [5.74, 6) is -1.43. The number of amides is 1. The van der Waals surface area contributed by atoms with Crippen molar-refractivity contribution < 1.29 is 18.7 Å². The Morgan fingerprint density at radius 2 is 2.14 bits per heavy atom. The van der Waals surface area contributed by atoms with Crippen LogP contribution in [0.25, 0.3) is 0 Å². The number of methoxy groups -OCH3 is 1. The number of halogens is 1. The standard InChI is InChI=1S/C15H19FN2O3/c1-15(7-3-4-8-17-15)14(20)18-12-9-10(16)5-6-11(12)13(19)21-2/h5-6,9,17H,3-4,7-8H2,1-2H3,(H,18,20). The zero-order valence-electron chi connectivity index (χ0n) is 12.2. The summed E-state index contributed by atoms with van der Waals surface area (Å²) in [7, 11) is 1.24. The molecule has 1 aromatic rings. The SMILES string of the molecule is COC(=O)c1ccc(F)cc1NC(=O)C1(C)CCCCN1. The van der Waals surface area contributed by atoms with Crippen molar-refractivity contribution in [3.8, 4) is 0 Å². The van der Waals surface area contributed by atoms with E-state index in [1.165, 1.54) is 13.2 Å². The summed E-state index contributed by atoms with van der Waals surface area (Å²) in [6, 6.07) is 3.58. The second kappa shape index (κ2) is 6.22. The van der Waals surface area contributed by atoms with Crippen molar-refractivity contribution in [3.05, 3.63) is 29.6 Å². The molecule has 0 saturated carbocycles. The average Bonchev–Trinajstić information content (AvgIpc) is 2.47. The lowest BCUT2D eigenvalue weighted by molar-refractivity contribution is -0.122. The number of benzene rings is 1. The predicted octanol–water partition coefficient (Wildman–Crippen LogP) is 2.08. The van der Waals surface area contributed by atoms with Crippen LogP contribution in [-0.4, -0.2) is 31.1 Å². The molecule has 0 spiro atoms. The van der Waals surface area contributed by atoms with E-state index in [2.05, 4.69) is 15.4 Å². The number of piperidine rings is 1. The number of anilines is 1. The third kappa shape index (κ3) is 3.39. The maximum absolute atomic E-state index is 13.4. The van der Waals surface area contributed by atoms with Gasteiger partial charge in [-0.3, -0.25) is 4.79 Å². The Labute approximate surface area is 122 Å². The van der Waals surface area contributed by atoms with Crippen LogP contribution in [0.15, 0.2) is 18.2 Å². The Balaban J connectivity index is 2.24. The minimum absolute atomic E-state index is 0.125. The topological polar surface area (TPSA) is 67.4 Å². The van der Waals surface area contributed by atoms with Crippen molar-refractivity contribution >= 4 is 17.6 Å². The molecule has 1 aromatic carbocycles. The molecule has 1 amide bonds. The summed E-state index contributed by atoms with van der Waals surface area (Å²) >= 11 is 0. The number of carbonyl (C=O) groups excluding carboxylic acids is 2. The zero-order chi connectivity index (χ0) is 15.5. The molecule has 1 aliphatic heterocycles. The van der Waals surface area contributed by atoms with E-state index in [0.717, 1.165) is 31.5 Å². The molecular formula is C15H19FN2O3. The van der Waals surface area contributed by atoms with E-state index >= 15 is 0 Å². The van der Waals surface area contributed by atoms with Gasteiger partial charge in [-0.05, 0) is 50.9 Å². The lowest BCUT2D eigenvalue weighted by atomic mass is 9.90. The first-order valence-electron chi connectivity index (χ1n) is 6.90. The van der Waals surface area contributed by atoms with Gasteiger partial charge in [-0.1, -0.05) is 0 Å². The maximum Gasteiger partial charge on any atom is 0.339 e. The van der Waals surface area contributed by atoms with Crippen molar-refractivity contribution in [2.45, 2.75) is 31.7 Å².